The van der Waals surface area contributed by atoms with Crippen LogP contribution in [0.4, 0.5) is 0 Å². The van der Waals surface area contributed by atoms with Crippen molar-refractivity contribution in [2.75, 3.05) is 39.8 Å². The number of nitrogens with zero attached hydrogens (tertiary/aromatic N) is 2. The first-order valence-electron chi connectivity index (χ1n) is 9.30. The third-order valence-corrected chi connectivity index (χ3v) is 6.07. The molecule has 3 aliphatic rings. The molecule has 4 heteroatoms. The van der Waals surface area contributed by atoms with E-state index in [0.29, 0.717) is 6.61 Å². The van der Waals surface area contributed by atoms with Gasteiger partial charge in [-0.1, -0.05) is 25.7 Å². The van der Waals surface area contributed by atoms with Gasteiger partial charge in [-0.15, -0.1) is 0 Å². The molecule has 1 amide bonds. The maximum absolute atomic E-state index is 12.3. The Kier molecular flexibility index (Phi) is 5.75. The minimum Gasteiger partial charge on any atom is -0.368 e. The van der Waals surface area contributed by atoms with Crippen molar-refractivity contribution < 1.29 is 9.53 Å². The van der Waals surface area contributed by atoms with Crippen LogP contribution in [0.25, 0.3) is 0 Å². The minimum atomic E-state index is 0.212. The number of amides is 1. The number of rotatable bonds is 4. The van der Waals surface area contributed by atoms with Crippen LogP contribution in [-0.2, 0) is 9.53 Å². The van der Waals surface area contributed by atoms with Crippen molar-refractivity contribution >= 4 is 5.91 Å². The molecule has 0 atom stereocenters. The highest BCUT2D eigenvalue weighted by Crippen LogP contribution is 2.36. The summed E-state index contributed by atoms with van der Waals surface area (Å²) in [5.74, 6) is 2.04. The second-order valence-electron chi connectivity index (χ2n) is 7.58. The lowest BCUT2D eigenvalue weighted by Crippen LogP contribution is -2.43. The largest absolute Gasteiger partial charge is 0.368 e. The van der Waals surface area contributed by atoms with Crippen molar-refractivity contribution in [1.29, 1.82) is 0 Å². The van der Waals surface area contributed by atoms with Crippen LogP contribution in [-0.4, -0.2) is 61.6 Å². The van der Waals surface area contributed by atoms with E-state index in [9.17, 15) is 4.79 Å². The van der Waals surface area contributed by atoms with E-state index >= 15 is 0 Å². The van der Waals surface area contributed by atoms with Gasteiger partial charge in [0.2, 0.25) is 5.91 Å². The van der Waals surface area contributed by atoms with Crippen LogP contribution < -0.4 is 0 Å². The second kappa shape index (κ2) is 7.78. The number of ether oxygens (including phenoxy) is 1. The Hall–Kier alpha value is -0.610. The van der Waals surface area contributed by atoms with E-state index in [0.717, 1.165) is 50.9 Å². The molecule has 0 aromatic heterocycles. The molecule has 0 aromatic carbocycles. The van der Waals surface area contributed by atoms with E-state index in [-0.39, 0.29) is 12.0 Å². The van der Waals surface area contributed by atoms with E-state index < -0.39 is 0 Å². The normalized spacial score (nSPS) is 26.7. The van der Waals surface area contributed by atoms with Crippen LogP contribution in [0.3, 0.4) is 0 Å². The van der Waals surface area contributed by atoms with Gasteiger partial charge >= 0.3 is 0 Å². The van der Waals surface area contributed by atoms with E-state index in [1.807, 2.05) is 4.90 Å². The smallest absolute Gasteiger partial charge is 0.248 e. The monoisotopic (exact) mass is 308 g/mol. The highest BCUT2D eigenvalue weighted by atomic mass is 16.5. The van der Waals surface area contributed by atoms with Gasteiger partial charge in [-0.3, -0.25) is 4.79 Å². The second-order valence-corrected chi connectivity index (χ2v) is 7.58. The number of hydrogen-bond donors (Lipinski definition) is 0. The molecule has 2 heterocycles. The Morgan fingerprint density at radius 2 is 1.50 bits per heavy atom. The van der Waals surface area contributed by atoms with E-state index in [2.05, 4.69) is 11.9 Å². The number of carbonyl (C=O) groups is 1. The molecule has 0 spiro atoms. The van der Waals surface area contributed by atoms with Gasteiger partial charge in [0, 0.05) is 26.2 Å². The van der Waals surface area contributed by atoms with Crippen molar-refractivity contribution in [2.45, 2.75) is 57.5 Å². The zero-order valence-corrected chi connectivity index (χ0v) is 14.1. The summed E-state index contributed by atoms with van der Waals surface area (Å²) in [6, 6.07) is 0. The Labute approximate surface area is 135 Å². The fourth-order valence-electron chi connectivity index (χ4n) is 4.48. The number of piperidine rings is 2. The minimum absolute atomic E-state index is 0.212. The molecule has 126 valence electrons. The van der Waals surface area contributed by atoms with Gasteiger partial charge in [0.25, 0.3) is 0 Å². The molecular weight excluding hydrogens is 276 g/mol. The van der Waals surface area contributed by atoms with Crippen LogP contribution >= 0.6 is 0 Å². The van der Waals surface area contributed by atoms with Crippen molar-refractivity contribution in [3.63, 3.8) is 0 Å². The summed E-state index contributed by atoms with van der Waals surface area (Å²) in [6.07, 6.45) is 10.5. The lowest BCUT2D eigenvalue weighted by molar-refractivity contribution is -0.140. The van der Waals surface area contributed by atoms with Gasteiger partial charge in [-0.05, 0) is 44.6 Å². The van der Waals surface area contributed by atoms with Gasteiger partial charge in [-0.25, -0.2) is 0 Å². The summed E-state index contributed by atoms with van der Waals surface area (Å²) in [4.78, 5) is 16.7. The quantitative estimate of drug-likeness (QED) is 0.800. The fraction of sp³-hybridized carbons (Fsp3) is 0.944. The van der Waals surface area contributed by atoms with Crippen LogP contribution in [0.2, 0.25) is 0 Å². The van der Waals surface area contributed by atoms with Gasteiger partial charge in [-0.2, -0.15) is 0 Å². The Balaban J connectivity index is 1.35. The molecule has 22 heavy (non-hydrogen) atoms. The molecule has 0 aromatic rings. The third kappa shape index (κ3) is 4.23. The van der Waals surface area contributed by atoms with Crippen molar-refractivity contribution in [1.82, 2.24) is 9.80 Å². The summed E-state index contributed by atoms with van der Waals surface area (Å²) < 4.78 is 5.86. The molecule has 3 fully saturated rings. The topological polar surface area (TPSA) is 32.8 Å². The summed E-state index contributed by atoms with van der Waals surface area (Å²) in [5.41, 5.74) is 0. The Morgan fingerprint density at radius 1 is 0.909 bits per heavy atom. The molecule has 1 saturated carbocycles. The van der Waals surface area contributed by atoms with Crippen molar-refractivity contribution in [3.05, 3.63) is 0 Å². The predicted molar refractivity (Wildman–Crippen MR) is 87.7 cm³/mol. The van der Waals surface area contributed by atoms with Crippen LogP contribution in [0.1, 0.15) is 51.4 Å². The van der Waals surface area contributed by atoms with Crippen molar-refractivity contribution in [3.8, 4) is 0 Å². The highest BCUT2D eigenvalue weighted by Gasteiger charge is 2.30. The van der Waals surface area contributed by atoms with Crippen LogP contribution in [0.5, 0.6) is 0 Å². The first-order valence-corrected chi connectivity index (χ1v) is 9.30. The molecule has 1 aliphatic carbocycles. The summed E-state index contributed by atoms with van der Waals surface area (Å²) >= 11 is 0. The fourth-order valence-corrected chi connectivity index (χ4v) is 4.48. The first kappa shape index (κ1) is 16.3. The van der Waals surface area contributed by atoms with Gasteiger partial charge < -0.3 is 14.5 Å². The lowest BCUT2D eigenvalue weighted by atomic mass is 9.83. The van der Waals surface area contributed by atoms with Gasteiger partial charge in [0.05, 0.1) is 6.10 Å². The van der Waals surface area contributed by atoms with E-state index in [1.165, 1.54) is 38.5 Å². The van der Waals surface area contributed by atoms with E-state index in [1.54, 1.807) is 0 Å². The molecule has 0 radical (unpaired) electrons. The molecule has 2 aliphatic heterocycles. The Bertz CT molecular complexity index is 352. The zero-order valence-electron chi connectivity index (χ0n) is 14.1. The predicted octanol–water partition coefficient (Wildman–Crippen LogP) is 2.53. The van der Waals surface area contributed by atoms with Crippen LogP contribution in [0.15, 0.2) is 0 Å². The SMILES string of the molecule is CN1CCC(OCC(=O)N2CCC(C3CCCC3)CC2)CC1. The van der Waals surface area contributed by atoms with Crippen LogP contribution in [0, 0.1) is 11.8 Å². The molecule has 4 nitrogen and oxygen atoms in total. The summed E-state index contributed by atoms with van der Waals surface area (Å²) in [7, 11) is 2.15. The summed E-state index contributed by atoms with van der Waals surface area (Å²) in [6.45, 7) is 4.38. The molecule has 3 rings (SSSR count). The third-order valence-electron chi connectivity index (χ3n) is 6.07. The summed E-state index contributed by atoms with van der Waals surface area (Å²) in [5, 5.41) is 0. The van der Waals surface area contributed by atoms with Gasteiger partial charge in [0.15, 0.2) is 0 Å². The first-order chi connectivity index (χ1) is 10.7. The highest BCUT2D eigenvalue weighted by molar-refractivity contribution is 5.77. The molecule has 0 N–H and O–H groups in total. The molecule has 0 bridgehead atoms. The number of hydrogen-bond acceptors (Lipinski definition) is 3. The average Bonchev–Trinajstić information content (AvgIpc) is 3.09. The maximum atomic E-state index is 12.3. The average molecular weight is 308 g/mol. The van der Waals surface area contributed by atoms with E-state index in [4.69, 9.17) is 4.74 Å². The molecule has 2 saturated heterocycles. The standard InChI is InChI=1S/C18H32N2O2/c1-19-10-8-17(9-11-19)22-14-18(21)20-12-6-16(7-13-20)15-4-2-3-5-15/h15-17H,2-14H2,1H3. The van der Waals surface area contributed by atoms with Crippen molar-refractivity contribution in [2.24, 2.45) is 11.8 Å². The molecular formula is C18H32N2O2. The Morgan fingerprint density at radius 3 is 2.14 bits per heavy atom. The maximum Gasteiger partial charge on any atom is 0.248 e. The zero-order chi connectivity index (χ0) is 15.4. The van der Waals surface area contributed by atoms with Gasteiger partial charge in [0.1, 0.15) is 6.61 Å². The number of carbonyl (C=O) groups excluding carboxylic acids is 1. The lowest BCUT2D eigenvalue weighted by Gasteiger charge is -2.35. The molecule has 0 unspecified atom stereocenters. The number of likely N-dealkylation sites (tertiary alicyclic amines) is 2.